The van der Waals surface area contributed by atoms with E-state index in [0.717, 1.165) is 61.1 Å². The van der Waals surface area contributed by atoms with Crippen LogP contribution >= 0.6 is 0 Å². The largest absolute Gasteiger partial charge is 0.398 e. The van der Waals surface area contributed by atoms with Gasteiger partial charge in [0.1, 0.15) is 5.82 Å². The number of nitrogens with two attached hydrogens (primary N) is 1. The van der Waals surface area contributed by atoms with Gasteiger partial charge in [-0.05, 0) is 61.4 Å². The van der Waals surface area contributed by atoms with Crippen molar-refractivity contribution in [3.05, 3.63) is 47.7 Å². The molecule has 1 aromatic heterocycles. The van der Waals surface area contributed by atoms with Crippen molar-refractivity contribution in [2.45, 2.75) is 32.6 Å². The van der Waals surface area contributed by atoms with Gasteiger partial charge in [-0.1, -0.05) is 13.0 Å². The van der Waals surface area contributed by atoms with Crippen LogP contribution in [0.3, 0.4) is 0 Å². The minimum absolute atomic E-state index is 0.00265. The smallest absolute Gasteiger partial charge is 0.259 e. The highest BCUT2D eigenvalue weighted by atomic mass is 16.2. The van der Waals surface area contributed by atoms with Gasteiger partial charge in [-0.15, -0.1) is 0 Å². The van der Waals surface area contributed by atoms with Gasteiger partial charge in [-0.3, -0.25) is 4.79 Å². The van der Waals surface area contributed by atoms with Crippen LogP contribution in [0.25, 0.3) is 0 Å². The Morgan fingerprint density at radius 2 is 1.96 bits per heavy atom. The zero-order valence-electron chi connectivity index (χ0n) is 15.3. The van der Waals surface area contributed by atoms with Gasteiger partial charge >= 0.3 is 0 Å². The molecule has 1 aromatic carbocycles. The van der Waals surface area contributed by atoms with Crippen LogP contribution in [0.2, 0.25) is 0 Å². The van der Waals surface area contributed by atoms with Crippen LogP contribution in [0.1, 0.15) is 42.1 Å². The van der Waals surface area contributed by atoms with E-state index in [-0.39, 0.29) is 5.91 Å². The Kier molecular flexibility index (Phi) is 4.53. The highest BCUT2D eigenvalue weighted by Crippen LogP contribution is 2.32. The molecule has 1 saturated heterocycles. The number of carbonyl (C=O) groups excluding carboxylic acids is 1. The zero-order chi connectivity index (χ0) is 18.1. The van der Waals surface area contributed by atoms with E-state index >= 15 is 0 Å². The lowest BCUT2D eigenvalue weighted by Gasteiger charge is -2.32. The van der Waals surface area contributed by atoms with E-state index in [1.54, 1.807) is 6.20 Å². The second kappa shape index (κ2) is 6.98. The average Bonchev–Trinajstić information content (AvgIpc) is 2.68. The first kappa shape index (κ1) is 16.9. The lowest BCUT2D eigenvalue weighted by Crippen LogP contribution is -2.36. The predicted molar refractivity (Wildman–Crippen MR) is 106 cm³/mol. The molecule has 136 valence electrons. The molecule has 0 atom stereocenters. The normalized spacial score (nSPS) is 17.9. The number of hydrogen-bond donors (Lipinski definition) is 1. The van der Waals surface area contributed by atoms with Gasteiger partial charge in [0.2, 0.25) is 0 Å². The SMILES string of the molecule is CC1CCN(c2ccc(C(=O)N3CCCc4c(N)cccc43)cn2)CC1. The van der Waals surface area contributed by atoms with Gasteiger partial charge < -0.3 is 15.5 Å². The van der Waals surface area contributed by atoms with E-state index in [9.17, 15) is 4.79 Å². The highest BCUT2D eigenvalue weighted by molar-refractivity contribution is 6.07. The summed E-state index contributed by atoms with van der Waals surface area (Å²) in [6.45, 7) is 5.11. The second-order valence-corrected chi connectivity index (χ2v) is 7.48. The second-order valence-electron chi connectivity index (χ2n) is 7.48. The highest BCUT2D eigenvalue weighted by Gasteiger charge is 2.25. The number of rotatable bonds is 2. The van der Waals surface area contributed by atoms with Crippen LogP contribution in [0, 0.1) is 5.92 Å². The Labute approximate surface area is 154 Å². The van der Waals surface area contributed by atoms with Crippen LogP contribution < -0.4 is 15.5 Å². The first-order valence-corrected chi connectivity index (χ1v) is 9.53. The van der Waals surface area contributed by atoms with Crippen molar-refractivity contribution in [3.63, 3.8) is 0 Å². The lowest BCUT2D eigenvalue weighted by molar-refractivity contribution is 0.0985. The number of benzene rings is 1. The standard InChI is InChI=1S/C21H26N4O/c1-15-9-12-24(13-10-15)20-8-7-16(14-23-20)21(26)25-11-3-4-17-18(22)5-2-6-19(17)25/h2,5-8,14-15H,3-4,9-13,22H2,1H3. The predicted octanol–water partition coefficient (Wildman–Crippen LogP) is 3.49. The number of pyridine rings is 1. The maximum Gasteiger partial charge on any atom is 0.259 e. The molecule has 5 heteroatoms. The summed E-state index contributed by atoms with van der Waals surface area (Å²) in [5, 5.41) is 0. The van der Waals surface area contributed by atoms with Crippen molar-refractivity contribution >= 4 is 23.1 Å². The van der Waals surface area contributed by atoms with E-state index in [2.05, 4.69) is 16.8 Å². The summed E-state index contributed by atoms with van der Waals surface area (Å²) in [6, 6.07) is 9.69. The van der Waals surface area contributed by atoms with Crippen LogP contribution in [0.5, 0.6) is 0 Å². The van der Waals surface area contributed by atoms with Gasteiger partial charge in [0, 0.05) is 37.2 Å². The molecule has 0 spiro atoms. The molecule has 0 saturated carbocycles. The van der Waals surface area contributed by atoms with Crippen molar-refractivity contribution in [1.82, 2.24) is 4.98 Å². The summed E-state index contributed by atoms with van der Waals surface area (Å²) in [7, 11) is 0. The lowest BCUT2D eigenvalue weighted by atomic mass is 9.99. The minimum Gasteiger partial charge on any atom is -0.398 e. The molecule has 3 heterocycles. The van der Waals surface area contributed by atoms with Crippen molar-refractivity contribution in [2.75, 3.05) is 35.2 Å². The number of amides is 1. The van der Waals surface area contributed by atoms with E-state index in [0.29, 0.717) is 5.56 Å². The van der Waals surface area contributed by atoms with Crippen molar-refractivity contribution in [1.29, 1.82) is 0 Å². The number of aromatic nitrogens is 1. The Balaban J connectivity index is 1.54. The summed E-state index contributed by atoms with van der Waals surface area (Å²) in [6.07, 6.45) is 5.99. The molecule has 1 amide bonds. The molecular weight excluding hydrogens is 324 g/mol. The van der Waals surface area contributed by atoms with Gasteiger partial charge in [0.05, 0.1) is 5.56 Å². The van der Waals surface area contributed by atoms with Gasteiger partial charge in [-0.2, -0.15) is 0 Å². The fourth-order valence-corrected chi connectivity index (χ4v) is 3.96. The molecule has 0 bridgehead atoms. The van der Waals surface area contributed by atoms with E-state index in [1.165, 1.54) is 12.8 Å². The maximum atomic E-state index is 13.0. The quantitative estimate of drug-likeness (QED) is 0.842. The van der Waals surface area contributed by atoms with Gasteiger partial charge in [0.15, 0.2) is 0 Å². The van der Waals surface area contributed by atoms with Crippen LogP contribution in [0.4, 0.5) is 17.2 Å². The van der Waals surface area contributed by atoms with Crippen molar-refractivity contribution in [2.24, 2.45) is 5.92 Å². The fraction of sp³-hybridized carbons (Fsp3) is 0.429. The number of carbonyl (C=O) groups is 1. The number of nitrogens with zero attached hydrogens (tertiary/aromatic N) is 3. The maximum absolute atomic E-state index is 13.0. The van der Waals surface area contributed by atoms with Crippen LogP contribution in [-0.4, -0.2) is 30.5 Å². The summed E-state index contributed by atoms with van der Waals surface area (Å²) >= 11 is 0. The average molecular weight is 350 g/mol. The molecule has 2 aliphatic heterocycles. The number of anilines is 3. The molecule has 4 rings (SSSR count). The summed E-state index contributed by atoms with van der Waals surface area (Å²) in [5.74, 6) is 1.76. The fourth-order valence-electron chi connectivity index (χ4n) is 3.96. The third-order valence-electron chi connectivity index (χ3n) is 5.63. The summed E-state index contributed by atoms with van der Waals surface area (Å²) in [5.41, 5.74) is 9.53. The molecule has 2 N–H and O–H groups in total. The van der Waals surface area contributed by atoms with E-state index in [4.69, 9.17) is 5.73 Å². The van der Waals surface area contributed by atoms with Crippen molar-refractivity contribution in [3.8, 4) is 0 Å². The van der Waals surface area contributed by atoms with Crippen LogP contribution in [-0.2, 0) is 6.42 Å². The Morgan fingerprint density at radius 3 is 2.69 bits per heavy atom. The third kappa shape index (κ3) is 3.14. The monoisotopic (exact) mass is 350 g/mol. The topological polar surface area (TPSA) is 62.5 Å². The van der Waals surface area contributed by atoms with Gasteiger partial charge in [-0.25, -0.2) is 4.98 Å². The molecular formula is C21H26N4O. The molecule has 1 fully saturated rings. The molecule has 0 radical (unpaired) electrons. The number of hydrogen-bond acceptors (Lipinski definition) is 4. The summed E-state index contributed by atoms with van der Waals surface area (Å²) < 4.78 is 0. The van der Waals surface area contributed by atoms with E-state index in [1.807, 2.05) is 35.2 Å². The summed E-state index contributed by atoms with van der Waals surface area (Å²) in [4.78, 5) is 21.8. The van der Waals surface area contributed by atoms with Crippen LogP contribution in [0.15, 0.2) is 36.5 Å². The molecule has 5 nitrogen and oxygen atoms in total. The van der Waals surface area contributed by atoms with Crippen molar-refractivity contribution < 1.29 is 4.79 Å². The molecule has 0 aliphatic carbocycles. The Hall–Kier alpha value is -2.56. The first-order valence-electron chi connectivity index (χ1n) is 9.53. The Morgan fingerprint density at radius 1 is 1.15 bits per heavy atom. The Bertz CT molecular complexity index is 794. The molecule has 2 aliphatic rings. The zero-order valence-corrected chi connectivity index (χ0v) is 15.3. The molecule has 0 unspecified atom stereocenters. The first-order chi connectivity index (χ1) is 12.6. The number of nitrogen functional groups attached to an aromatic ring is 1. The molecule has 26 heavy (non-hydrogen) atoms. The van der Waals surface area contributed by atoms with E-state index < -0.39 is 0 Å². The minimum atomic E-state index is 0.00265. The third-order valence-corrected chi connectivity index (χ3v) is 5.63. The molecule has 2 aromatic rings. The van der Waals surface area contributed by atoms with Gasteiger partial charge in [0.25, 0.3) is 5.91 Å². The number of fused-ring (bicyclic) bond motifs is 1. The number of piperidine rings is 1.